The molecule has 0 fully saturated rings. The van der Waals surface area contributed by atoms with Gasteiger partial charge in [-0.15, -0.1) is 0 Å². The Morgan fingerprint density at radius 3 is 2.48 bits per heavy atom. The average Bonchev–Trinajstić information content (AvgIpc) is 2.79. The highest BCUT2D eigenvalue weighted by atomic mass is 19.1. The van der Waals surface area contributed by atoms with E-state index in [0.29, 0.717) is 17.7 Å². The molecule has 2 amide bonds. The number of halogens is 1. The molecule has 3 rings (SSSR count). The maximum Gasteiger partial charge on any atom is 0.325 e. The van der Waals surface area contributed by atoms with Crippen LogP contribution in [0.2, 0.25) is 0 Å². The maximum atomic E-state index is 13.3. The minimum absolute atomic E-state index is 0.212. The number of hydrogen-bond acceptors (Lipinski definition) is 4. The van der Waals surface area contributed by atoms with Gasteiger partial charge in [0.15, 0.2) is 6.61 Å². The predicted molar refractivity (Wildman–Crippen MR) is 115 cm³/mol. The Morgan fingerprint density at radius 1 is 0.968 bits per heavy atom. The van der Waals surface area contributed by atoms with E-state index < -0.39 is 24.4 Å². The van der Waals surface area contributed by atoms with Gasteiger partial charge in [-0.3, -0.25) is 14.4 Å². The molecule has 0 aliphatic carbocycles. The molecule has 0 heterocycles. The largest absolute Gasteiger partial charge is 0.454 e. The summed E-state index contributed by atoms with van der Waals surface area (Å²) >= 11 is 0. The maximum absolute atomic E-state index is 13.3. The Morgan fingerprint density at radius 2 is 1.74 bits per heavy atom. The van der Waals surface area contributed by atoms with E-state index in [-0.39, 0.29) is 18.9 Å². The fraction of sp³-hybridized carbons (Fsp3) is 0.208. The second-order valence-corrected chi connectivity index (χ2v) is 6.94. The highest BCUT2D eigenvalue weighted by molar-refractivity contribution is 5.99. The summed E-state index contributed by atoms with van der Waals surface area (Å²) in [5, 5.41) is 4.42. The molecule has 160 valence electrons. The lowest BCUT2D eigenvalue weighted by Gasteiger charge is -2.21. The third-order valence-corrected chi connectivity index (χ3v) is 4.76. The van der Waals surface area contributed by atoms with Gasteiger partial charge in [-0.05, 0) is 47.5 Å². The van der Waals surface area contributed by atoms with Gasteiger partial charge in [0.2, 0.25) is 0 Å². The van der Waals surface area contributed by atoms with Crippen molar-refractivity contribution in [3.63, 3.8) is 0 Å². The van der Waals surface area contributed by atoms with Gasteiger partial charge >= 0.3 is 5.97 Å². The first-order valence-corrected chi connectivity index (χ1v) is 9.91. The molecule has 1 N–H and O–H groups in total. The smallest absolute Gasteiger partial charge is 0.325 e. The summed E-state index contributed by atoms with van der Waals surface area (Å²) in [6, 6.07) is 18.9. The number of amides is 2. The number of esters is 1. The van der Waals surface area contributed by atoms with Gasteiger partial charge in [-0.2, -0.15) is 0 Å². The van der Waals surface area contributed by atoms with E-state index in [0.717, 1.165) is 10.8 Å². The lowest BCUT2D eigenvalue weighted by molar-refractivity contribution is -0.151. The predicted octanol–water partition coefficient (Wildman–Crippen LogP) is 3.30. The molecule has 3 aromatic carbocycles. The summed E-state index contributed by atoms with van der Waals surface area (Å²) in [5.74, 6) is -1.91. The van der Waals surface area contributed by atoms with Crippen LogP contribution < -0.4 is 5.32 Å². The summed E-state index contributed by atoms with van der Waals surface area (Å²) in [6.45, 7) is 1.57. The van der Waals surface area contributed by atoms with E-state index >= 15 is 0 Å². The molecule has 6 nitrogen and oxygen atoms in total. The lowest BCUT2D eigenvalue weighted by Crippen LogP contribution is -2.36. The Kier molecular flexibility index (Phi) is 7.32. The van der Waals surface area contributed by atoms with Gasteiger partial charge in [0.1, 0.15) is 12.4 Å². The van der Waals surface area contributed by atoms with Crippen LogP contribution >= 0.6 is 0 Å². The molecule has 7 heteroatoms. The number of likely N-dealkylation sites (N-methyl/N-ethyl adjacent to an activating group) is 1. The van der Waals surface area contributed by atoms with Crippen LogP contribution in [0.1, 0.15) is 22.8 Å². The summed E-state index contributed by atoms with van der Waals surface area (Å²) < 4.78 is 18.3. The van der Waals surface area contributed by atoms with Crippen LogP contribution in [0.4, 0.5) is 4.39 Å². The van der Waals surface area contributed by atoms with Gasteiger partial charge < -0.3 is 15.0 Å². The quantitative estimate of drug-likeness (QED) is 0.565. The van der Waals surface area contributed by atoms with Crippen LogP contribution in [-0.2, 0) is 20.9 Å². The SMILES string of the molecule is CCN(Cc1cccc(F)c1)C(=O)COC(=O)CNC(=O)c1ccc2ccccc2c1. The summed E-state index contributed by atoms with van der Waals surface area (Å²) in [6.07, 6.45) is 0. The molecule has 31 heavy (non-hydrogen) atoms. The molecule has 0 spiro atoms. The third-order valence-electron chi connectivity index (χ3n) is 4.76. The molecule has 3 aromatic rings. The second-order valence-electron chi connectivity index (χ2n) is 6.94. The number of hydrogen-bond donors (Lipinski definition) is 1. The molecular weight excluding hydrogens is 399 g/mol. The van der Waals surface area contributed by atoms with E-state index in [2.05, 4.69) is 5.32 Å². The van der Waals surface area contributed by atoms with Crippen molar-refractivity contribution < 1.29 is 23.5 Å². The normalized spacial score (nSPS) is 10.5. The minimum atomic E-state index is -0.718. The summed E-state index contributed by atoms with van der Waals surface area (Å²) in [7, 11) is 0. The number of fused-ring (bicyclic) bond motifs is 1. The van der Waals surface area contributed by atoms with Crippen LogP contribution in [-0.4, -0.2) is 42.4 Å². The number of rotatable bonds is 8. The number of ether oxygens (including phenoxy) is 1. The number of nitrogens with zero attached hydrogens (tertiary/aromatic N) is 1. The fourth-order valence-corrected chi connectivity index (χ4v) is 3.10. The molecular formula is C24H23FN2O4. The highest BCUT2D eigenvalue weighted by Gasteiger charge is 2.16. The Labute approximate surface area is 179 Å². The molecule has 0 radical (unpaired) electrons. The Bertz CT molecular complexity index is 1100. The molecule has 0 saturated heterocycles. The lowest BCUT2D eigenvalue weighted by atomic mass is 10.1. The van der Waals surface area contributed by atoms with Crippen molar-refractivity contribution in [2.24, 2.45) is 0 Å². The first kappa shape index (κ1) is 22.0. The van der Waals surface area contributed by atoms with Gasteiger partial charge in [-0.25, -0.2) is 4.39 Å². The molecule has 0 aromatic heterocycles. The molecule has 0 atom stereocenters. The van der Waals surface area contributed by atoms with Crippen molar-refractivity contribution in [3.8, 4) is 0 Å². The fourth-order valence-electron chi connectivity index (χ4n) is 3.10. The molecule has 0 aliphatic rings. The third kappa shape index (κ3) is 6.12. The minimum Gasteiger partial charge on any atom is -0.454 e. The average molecular weight is 422 g/mol. The Hall–Kier alpha value is -3.74. The van der Waals surface area contributed by atoms with E-state index in [9.17, 15) is 18.8 Å². The monoisotopic (exact) mass is 422 g/mol. The van der Waals surface area contributed by atoms with Crippen molar-refractivity contribution in [1.29, 1.82) is 0 Å². The molecule has 0 unspecified atom stereocenters. The van der Waals surface area contributed by atoms with Gasteiger partial charge in [0, 0.05) is 18.7 Å². The van der Waals surface area contributed by atoms with Crippen molar-refractivity contribution in [2.75, 3.05) is 19.7 Å². The highest BCUT2D eigenvalue weighted by Crippen LogP contribution is 2.15. The van der Waals surface area contributed by atoms with Crippen LogP contribution in [0.3, 0.4) is 0 Å². The van der Waals surface area contributed by atoms with E-state index in [1.54, 1.807) is 31.2 Å². The number of nitrogens with one attached hydrogen (secondary N) is 1. The van der Waals surface area contributed by atoms with Crippen LogP contribution in [0.15, 0.2) is 66.7 Å². The number of carbonyl (C=O) groups excluding carboxylic acids is 3. The first-order chi connectivity index (χ1) is 15.0. The van der Waals surface area contributed by atoms with Crippen LogP contribution in [0, 0.1) is 5.82 Å². The van der Waals surface area contributed by atoms with Crippen LogP contribution in [0.25, 0.3) is 10.8 Å². The number of carbonyl (C=O) groups is 3. The van der Waals surface area contributed by atoms with E-state index in [1.807, 2.05) is 30.3 Å². The summed E-state index contributed by atoms with van der Waals surface area (Å²) in [4.78, 5) is 38.0. The van der Waals surface area contributed by atoms with Crippen molar-refractivity contribution in [3.05, 3.63) is 83.7 Å². The zero-order valence-corrected chi connectivity index (χ0v) is 17.1. The van der Waals surface area contributed by atoms with Crippen LogP contribution in [0.5, 0.6) is 0 Å². The first-order valence-electron chi connectivity index (χ1n) is 9.91. The molecule has 0 bridgehead atoms. The standard InChI is InChI=1S/C24H23FN2O4/c1-2-27(15-17-6-5-9-21(25)12-17)22(28)16-31-23(29)14-26-24(30)20-11-10-18-7-3-4-8-19(18)13-20/h3-13H,2,14-16H2,1H3,(H,26,30). The Balaban J connectivity index is 1.47. The molecule has 0 aliphatic heterocycles. The second kappa shape index (κ2) is 10.3. The zero-order chi connectivity index (χ0) is 22.2. The topological polar surface area (TPSA) is 75.7 Å². The van der Waals surface area contributed by atoms with Crippen molar-refractivity contribution in [1.82, 2.24) is 10.2 Å². The van der Waals surface area contributed by atoms with Crippen molar-refractivity contribution in [2.45, 2.75) is 13.5 Å². The van der Waals surface area contributed by atoms with E-state index in [1.165, 1.54) is 17.0 Å². The number of benzene rings is 3. The van der Waals surface area contributed by atoms with Gasteiger partial charge in [0.05, 0.1) is 0 Å². The molecule has 0 saturated carbocycles. The van der Waals surface area contributed by atoms with E-state index in [4.69, 9.17) is 4.74 Å². The van der Waals surface area contributed by atoms with Gasteiger partial charge in [0.25, 0.3) is 11.8 Å². The van der Waals surface area contributed by atoms with Crippen molar-refractivity contribution >= 4 is 28.6 Å². The van der Waals surface area contributed by atoms with Gasteiger partial charge in [-0.1, -0.05) is 42.5 Å². The zero-order valence-electron chi connectivity index (χ0n) is 17.1. The summed E-state index contributed by atoms with van der Waals surface area (Å²) in [5.41, 5.74) is 1.07.